The highest BCUT2D eigenvalue weighted by Gasteiger charge is 2.39. The van der Waals surface area contributed by atoms with Crippen LogP contribution < -0.4 is 5.73 Å². The number of primary amides is 1. The summed E-state index contributed by atoms with van der Waals surface area (Å²) < 4.78 is 0. The summed E-state index contributed by atoms with van der Waals surface area (Å²) in [6.07, 6.45) is 0.765. The molecule has 0 aliphatic carbocycles. The molecule has 1 amide bonds. The number of benzene rings is 1. The molecule has 4 nitrogen and oxygen atoms in total. The molecule has 0 radical (unpaired) electrons. The maximum atomic E-state index is 11.2. The summed E-state index contributed by atoms with van der Waals surface area (Å²) in [4.78, 5) is 13.4. The maximum absolute atomic E-state index is 11.2. The zero-order valence-electron chi connectivity index (χ0n) is 10.0. The van der Waals surface area contributed by atoms with Crippen molar-refractivity contribution in [2.75, 3.05) is 13.1 Å². The Balaban J connectivity index is 2.04. The second-order valence-electron chi connectivity index (χ2n) is 4.74. The van der Waals surface area contributed by atoms with Crippen molar-refractivity contribution >= 4 is 5.91 Å². The normalized spacial score (nSPS) is 18.7. The Bertz CT molecular complexity index is 425. The molecule has 1 aliphatic rings. The van der Waals surface area contributed by atoms with Crippen LogP contribution >= 0.6 is 0 Å². The fourth-order valence-corrected chi connectivity index (χ4v) is 2.26. The van der Waals surface area contributed by atoms with Crippen molar-refractivity contribution in [3.8, 4) is 0 Å². The van der Waals surface area contributed by atoms with E-state index >= 15 is 0 Å². The Morgan fingerprint density at radius 2 is 2.12 bits per heavy atom. The molecule has 3 N–H and O–H groups in total. The van der Waals surface area contributed by atoms with E-state index in [1.165, 1.54) is 0 Å². The van der Waals surface area contributed by atoms with Crippen molar-refractivity contribution in [2.24, 2.45) is 5.73 Å². The van der Waals surface area contributed by atoms with Gasteiger partial charge in [-0.3, -0.25) is 9.69 Å². The van der Waals surface area contributed by atoms with E-state index in [4.69, 9.17) is 5.73 Å². The quantitative estimate of drug-likeness (QED) is 0.807. The van der Waals surface area contributed by atoms with Crippen LogP contribution in [-0.2, 0) is 6.54 Å². The fraction of sp³-hybridized carbons (Fsp3) is 0.462. The van der Waals surface area contributed by atoms with Crippen molar-refractivity contribution in [3.05, 3.63) is 35.4 Å². The van der Waals surface area contributed by atoms with Crippen molar-refractivity contribution in [2.45, 2.75) is 25.5 Å². The van der Waals surface area contributed by atoms with Gasteiger partial charge < -0.3 is 10.8 Å². The van der Waals surface area contributed by atoms with Gasteiger partial charge in [-0.1, -0.05) is 25.1 Å². The molecule has 0 bridgehead atoms. The molecule has 1 saturated heterocycles. The second kappa shape index (κ2) is 4.47. The highest BCUT2D eigenvalue weighted by atomic mass is 16.3. The van der Waals surface area contributed by atoms with Crippen LogP contribution in [0.1, 0.15) is 29.3 Å². The van der Waals surface area contributed by atoms with E-state index in [1.807, 2.05) is 25.1 Å². The first-order chi connectivity index (χ1) is 8.04. The summed E-state index contributed by atoms with van der Waals surface area (Å²) in [6.45, 7) is 3.98. The first kappa shape index (κ1) is 12.1. The van der Waals surface area contributed by atoms with E-state index in [0.29, 0.717) is 25.2 Å². The van der Waals surface area contributed by atoms with Crippen LogP contribution in [0.3, 0.4) is 0 Å². The molecule has 1 aromatic rings. The lowest BCUT2D eigenvalue weighted by Gasteiger charge is -2.46. The standard InChI is InChI=1S/C13H18N2O2/c1-2-13(17)8-15(9-13)7-10-5-3-4-6-11(10)12(14)16/h3-6,17H,2,7-9H2,1H3,(H2,14,16). The molecule has 0 unspecified atom stereocenters. The average Bonchev–Trinajstić information content (AvgIpc) is 2.27. The number of hydrogen-bond donors (Lipinski definition) is 2. The minimum atomic E-state index is -0.540. The first-order valence-corrected chi connectivity index (χ1v) is 5.86. The van der Waals surface area contributed by atoms with Gasteiger partial charge in [0.2, 0.25) is 5.91 Å². The third-order valence-electron chi connectivity index (χ3n) is 3.37. The summed E-state index contributed by atoms with van der Waals surface area (Å²) in [7, 11) is 0. The predicted molar refractivity (Wildman–Crippen MR) is 65.5 cm³/mol. The number of hydrogen-bond acceptors (Lipinski definition) is 3. The zero-order valence-corrected chi connectivity index (χ0v) is 10.0. The lowest BCUT2D eigenvalue weighted by atomic mass is 9.90. The minimum absolute atomic E-state index is 0.396. The third-order valence-corrected chi connectivity index (χ3v) is 3.37. The van der Waals surface area contributed by atoms with Gasteiger partial charge in [-0.2, -0.15) is 0 Å². The van der Waals surface area contributed by atoms with Gasteiger partial charge >= 0.3 is 0 Å². The molecule has 0 atom stereocenters. The van der Waals surface area contributed by atoms with Crippen LogP contribution in [-0.4, -0.2) is 34.6 Å². The molecule has 0 aromatic heterocycles. The van der Waals surface area contributed by atoms with Gasteiger partial charge in [0.05, 0.1) is 5.60 Å². The number of aliphatic hydroxyl groups is 1. The van der Waals surface area contributed by atoms with E-state index in [9.17, 15) is 9.90 Å². The average molecular weight is 234 g/mol. The molecule has 0 spiro atoms. The van der Waals surface area contributed by atoms with Crippen LogP contribution in [0, 0.1) is 0 Å². The number of nitrogens with zero attached hydrogens (tertiary/aromatic N) is 1. The second-order valence-corrected chi connectivity index (χ2v) is 4.74. The van der Waals surface area contributed by atoms with Crippen LogP contribution in [0.2, 0.25) is 0 Å². The number of amides is 1. The number of carbonyl (C=O) groups excluding carboxylic acids is 1. The van der Waals surface area contributed by atoms with Crippen molar-refractivity contribution in [3.63, 3.8) is 0 Å². The van der Waals surface area contributed by atoms with Crippen LogP contribution in [0.4, 0.5) is 0 Å². The predicted octanol–water partition coefficient (Wildman–Crippen LogP) is 0.742. The van der Waals surface area contributed by atoms with Gasteiger partial charge in [0.1, 0.15) is 0 Å². The molecular weight excluding hydrogens is 216 g/mol. The molecule has 1 fully saturated rings. The zero-order chi connectivity index (χ0) is 12.5. The molecule has 1 heterocycles. The highest BCUT2D eigenvalue weighted by molar-refractivity contribution is 5.94. The van der Waals surface area contributed by atoms with E-state index in [-0.39, 0.29) is 0 Å². The van der Waals surface area contributed by atoms with Gasteiger partial charge in [-0.05, 0) is 18.1 Å². The summed E-state index contributed by atoms with van der Waals surface area (Å²) in [5.41, 5.74) is 6.28. The monoisotopic (exact) mass is 234 g/mol. The van der Waals surface area contributed by atoms with Gasteiger partial charge in [0, 0.05) is 25.2 Å². The molecule has 92 valence electrons. The van der Waals surface area contributed by atoms with E-state index < -0.39 is 11.5 Å². The summed E-state index contributed by atoms with van der Waals surface area (Å²) in [6, 6.07) is 7.35. The fourth-order valence-electron chi connectivity index (χ4n) is 2.26. The Morgan fingerprint density at radius 1 is 1.47 bits per heavy atom. The highest BCUT2D eigenvalue weighted by Crippen LogP contribution is 2.26. The number of rotatable bonds is 4. The molecule has 1 aromatic carbocycles. The topological polar surface area (TPSA) is 66.6 Å². The number of carbonyl (C=O) groups is 1. The third kappa shape index (κ3) is 2.48. The van der Waals surface area contributed by atoms with Crippen molar-refractivity contribution in [1.82, 2.24) is 4.90 Å². The summed E-state index contributed by atoms with van der Waals surface area (Å²) in [5.74, 6) is -0.396. The maximum Gasteiger partial charge on any atom is 0.249 e. The summed E-state index contributed by atoms with van der Waals surface area (Å²) >= 11 is 0. The molecule has 1 aliphatic heterocycles. The van der Waals surface area contributed by atoms with Gasteiger partial charge in [0.15, 0.2) is 0 Å². The number of nitrogens with two attached hydrogens (primary N) is 1. The molecule has 0 saturated carbocycles. The lowest BCUT2D eigenvalue weighted by molar-refractivity contribution is -0.103. The van der Waals surface area contributed by atoms with Gasteiger partial charge in [-0.15, -0.1) is 0 Å². The smallest absolute Gasteiger partial charge is 0.249 e. The SMILES string of the molecule is CCC1(O)CN(Cc2ccccc2C(N)=O)C1. The molecular formula is C13H18N2O2. The largest absolute Gasteiger partial charge is 0.387 e. The minimum Gasteiger partial charge on any atom is -0.387 e. The Kier molecular flexibility index (Phi) is 3.17. The van der Waals surface area contributed by atoms with Crippen molar-refractivity contribution < 1.29 is 9.90 Å². The van der Waals surface area contributed by atoms with Crippen LogP contribution in [0.25, 0.3) is 0 Å². The van der Waals surface area contributed by atoms with Gasteiger partial charge in [0.25, 0.3) is 0 Å². The number of β-amino-alcohol motifs (C(OH)–C–C–N with tert-alkyl or cyclic N) is 1. The van der Waals surface area contributed by atoms with E-state index in [2.05, 4.69) is 4.90 Å². The lowest BCUT2D eigenvalue weighted by Crippen LogP contribution is -2.60. The first-order valence-electron chi connectivity index (χ1n) is 5.86. The van der Waals surface area contributed by atoms with Gasteiger partial charge in [-0.25, -0.2) is 0 Å². The van der Waals surface area contributed by atoms with E-state index in [1.54, 1.807) is 6.07 Å². The molecule has 4 heteroatoms. The van der Waals surface area contributed by atoms with E-state index in [0.717, 1.165) is 12.0 Å². The Labute approximate surface area is 101 Å². The Morgan fingerprint density at radius 3 is 2.71 bits per heavy atom. The molecule has 17 heavy (non-hydrogen) atoms. The summed E-state index contributed by atoms with van der Waals surface area (Å²) in [5, 5.41) is 9.91. The Hall–Kier alpha value is -1.39. The van der Waals surface area contributed by atoms with Crippen molar-refractivity contribution in [1.29, 1.82) is 0 Å². The van der Waals surface area contributed by atoms with Crippen LogP contribution in [0.5, 0.6) is 0 Å². The molecule has 2 rings (SSSR count). The number of likely N-dealkylation sites (tertiary alicyclic amines) is 1. The van der Waals surface area contributed by atoms with Crippen LogP contribution in [0.15, 0.2) is 24.3 Å².